The summed E-state index contributed by atoms with van der Waals surface area (Å²) in [6.45, 7) is 0. The van der Waals surface area contributed by atoms with Crippen LogP contribution in [-0.2, 0) is 0 Å². The molecule has 5 aromatic carbocycles. The lowest BCUT2D eigenvalue weighted by Crippen LogP contribution is -2.09. The van der Waals surface area contributed by atoms with Gasteiger partial charge in [0.1, 0.15) is 5.82 Å². The molecule has 2 aliphatic heterocycles. The van der Waals surface area contributed by atoms with E-state index in [9.17, 15) is 0 Å². The molecular weight excluding hydrogens is 557 g/mol. The largest absolute Gasteiger partial charge is 0.308 e. The lowest BCUT2D eigenvalue weighted by molar-refractivity contribution is 0.430. The summed E-state index contributed by atoms with van der Waals surface area (Å²) in [5.41, 5.74) is 5.03. The van der Waals surface area contributed by atoms with Gasteiger partial charge >= 0.3 is 0 Å². The lowest BCUT2D eigenvalue weighted by atomic mass is 9.89. The number of rotatable bonds is 1. The van der Waals surface area contributed by atoms with Crippen molar-refractivity contribution in [2.75, 3.05) is 0 Å². The Bertz CT molecular complexity index is 2450. The van der Waals surface area contributed by atoms with Crippen molar-refractivity contribution < 1.29 is 0 Å². The molecule has 0 amide bonds. The maximum absolute atomic E-state index is 5.14. The minimum Gasteiger partial charge on any atom is -0.308 e. The molecule has 0 saturated heterocycles. The molecule has 1 fully saturated rings. The van der Waals surface area contributed by atoms with Crippen LogP contribution in [0.3, 0.4) is 0 Å². The van der Waals surface area contributed by atoms with Gasteiger partial charge in [-0.3, -0.25) is 0 Å². The minimum absolute atomic E-state index is 0.380. The first-order valence-electron chi connectivity index (χ1n) is 15.6. The zero-order valence-electron chi connectivity index (χ0n) is 24.3. The van der Waals surface area contributed by atoms with Crippen LogP contribution in [0.4, 0.5) is 0 Å². The van der Waals surface area contributed by atoms with Gasteiger partial charge in [-0.1, -0.05) is 86.0 Å². The molecule has 3 heterocycles. The summed E-state index contributed by atoms with van der Waals surface area (Å²) in [7, 11) is 0. The fourth-order valence-electron chi connectivity index (χ4n) is 6.91. The smallest absolute Gasteiger partial charge is 0.163 e. The average Bonchev–Trinajstić information content (AvgIpc) is 3.10. The Balaban J connectivity index is 1.48. The van der Waals surface area contributed by atoms with Crippen molar-refractivity contribution in [1.82, 2.24) is 19.5 Å². The summed E-state index contributed by atoms with van der Waals surface area (Å²) in [5.74, 6) is 1.31. The van der Waals surface area contributed by atoms with Gasteiger partial charge in [0.15, 0.2) is 11.3 Å². The lowest BCUT2D eigenvalue weighted by Gasteiger charge is -2.20. The minimum atomic E-state index is 0.380. The molecule has 0 unspecified atom stereocenters. The van der Waals surface area contributed by atoms with Crippen LogP contribution >= 0.6 is 11.3 Å². The Morgan fingerprint density at radius 1 is 0.523 bits per heavy atom. The first-order valence-corrected chi connectivity index (χ1v) is 16.4. The Morgan fingerprint density at radius 2 is 1.16 bits per heavy atom. The normalized spacial score (nSPS) is 14.3. The third-order valence-corrected chi connectivity index (χ3v) is 10.3. The van der Waals surface area contributed by atoms with Gasteiger partial charge in [-0.15, -0.1) is 11.3 Å². The fourth-order valence-corrected chi connectivity index (χ4v) is 7.95. The van der Waals surface area contributed by atoms with E-state index < -0.39 is 0 Å². The van der Waals surface area contributed by atoms with Crippen LogP contribution in [-0.4, -0.2) is 19.5 Å². The van der Waals surface area contributed by atoms with Crippen molar-refractivity contribution in [1.29, 1.82) is 0 Å². The van der Waals surface area contributed by atoms with E-state index in [0.29, 0.717) is 5.92 Å². The van der Waals surface area contributed by atoms with E-state index in [1.807, 2.05) is 11.3 Å². The second-order valence-corrected chi connectivity index (χ2v) is 13.1. The van der Waals surface area contributed by atoms with Gasteiger partial charge < -0.3 is 4.57 Å². The molecule has 4 nitrogen and oxygen atoms in total. The fraction of sp³-hybridized carbons (Fsp3) is 0.154. The highest BCUT2D eigenvalue weighted by atomic mass is 32.1. The number of fused-ring (bicyclic) bond motifs is 16. The molecule has 0 radical (unpaired) electrons. The monoisotopic (exact) mass is 586 g/mol. The molecule has 0 N–H and O–H groups in total. The molecular formula is C39H30N4S. The Kier molecular flexibility index (Phi) is 6.05. The van der Waals surface area contributed by atoms with Gasteiger partial charge in [0.05, 0.1) is 20.6 Å². The quantitative estimate of drug-likeness (QED) is 0.180. The zero-order valence-corrected chi connectivity index (χ0v) is 25.1. The van der Waals surface area contributed by atoms with E-state index in [-0.39, 0.29) is 0 Å². The second kappa shape index (κ2) is 10.4. The van der Waals surface area contributed by atoms with Crippen molar-refractivity contribution in [3.8, 4) is 5.69 Å². The van der Waals surface area contributed by atoms with Crippen molar-refractivity contribution in [3.63, 3.8) is 0 Å². The average molecular weight is 587 g/mol. The summed E-state index contributed by atoms with van der Waals surface area (Å²) in [6, 6.07) is 41.8. The van der Waals surface area contributed by atoms with Crippen LogP contribution in [0, 0.1) is 0 Å². The van der Waals surface area contributed by atoms with Gasteiger partial charge in [-0.2, -0.15) is 0 Å². The van der Waals surface area contributed by atoms with Crippen molar-refractivity contribution >= 4 is 75.4 Å². The summed E-state index contributed by atoms with van der Waals surface area (Å²) < 4.78 is 4.92. The molecule has 9 rings (SSSR count). The molecule has 3 aliphatic rings. The summed E-state index contributed by atoms with van der Waals surface area (Å²) in [4.78, 5) is 15.4. The number of para-hydroxylation sites is 1. The molecule has 10 bridgehead atoms. The Morgan fingerprint density at radius 3 is 1.91 bits per heavy atom. The molecule has 0 atom stereocenters. The van der Waals surface area contributed by atoms with Crippen LogP contribution in [0.15, 0.2) is 115 Å². The first kappa shape index (κ1) is 25.6. The Hall–Kier alpha value is -4.87. The SMILES string of the molecule is c1cc2cc(c1)c1nc(C3CCCCC3)nc(n1)c1cccc(c1)c1cccc(c1)n1c3ccccc3sc3ccc2cc3-1. The predicted octanol–water partition coefficient (Wildman–Crippen LogP) is 10.8. The van der Waals surface area contributed by atoms with Crippen LogP contribution in [0.2, 0.25) is 0 Å². The number of aromatic nitrogens is 4. The van der Waals surface area contributed by atoms with Gasteiger partial charge in [0, 0.05) is 22.2 Å². The van der Waals surface area contributed by atoms with Crippen LogP contribution < -0.4 is 0 Å². The van der Waals surface area contributed by atoms with Crippen LogP contribution in [0.5, 0.6) is 0 Å². The van der Waals surface area contributed by atoms with E-state index in [4.69, 9.17) is 15.0 Å². The highest BCUT2D eigenvalue weighted by Crippen LogP contribution is 2.35. The summed E-state index contributed by atoms with van der Waals surface area (Å²) in [5, 5.41) is 6.67. The van der Waals surface area contributed by atoms with E-state index in [2.05, 4.69) is 120 Å². The molecule has 0 spiro atoms. The number of hydrogen-bond donors (Lipinski definition) is 0. The number of nitrogens with zero attached hydrogens (tertiary/aromatic N) is 4. The van der Waals surface area contributed by atoms with Gasteiger partial charge in [0.25, 0.3) is 0 Å². The number of hydrogen-bond acceptors (Lipinski definition) is 4. The maximum Gasteiger partial charge on any atom is 0.163 e. The summed E-state index contributed by atoms with van der Waals surface area (Å²) >= 11 is 1.84. The molecule has 1 aliphatic carbocycles. The van der Waals surface area contributed by atoms with Crippen molar-refractivity contribution in [3.05, 3.63) is 121 Å². The molecule has 44 heavy (non-hydrogen) atoms. The topological polar surface area (TPSA) is 43.6 Å². The summed E-state index contributed by atoms with van der Waals surface area (Å²) in [6.07, 6.45) is 6.05. The zero-order chi connectivity index (χ0) is 29.0. The van der Waals surface area contributed by atoms with E-state index in [0.717, 1.165) is 62.4 Å². The first-order chi connectivity index (χ1) is 21.8. The van der Waals surface area contributed by atoms with Crippen LogP contribution in [0.1, 0.15) is 43.8 Å². The van der Waals surface area contributed by atoms with E-state index >= 15 is 0 Å². The van der Waals surface area contributed by atoms with E-state index in [1.54, 1.807) is 0 Å². The third-order valence-electron chi connectivity index (χ3n) is 9.16. The van der Waals surface area contributed by atoms with Crippen LogP contribution in [0.25, 0.3) is 69.7 Å². The van der Waals surface area contributed by atoms with E-state index in [1.165, 1.54) is 45.3 Å². The highest BCUT2D eigenvalue weighted by Gasteiger charge is 2.19. The molecule has 1 saturated carbocycles. The Labute approximate surface area is 259 Å². The van der Waals surface area contributed by atoms with Crippen molar-refractivity contribution in [2.45, 2.75) is 38.0 Å². The van der Waals surface area contributed by atoms with Crippen molar-refractivity contribution in [2.24, 2.45) is 0 Å². The number of benzene rings is 5. The molecule has 6 aromatic rings. The third kappa shape index (κ3) is 4.39. The van der Waals surface area contributed by atoms with Gasteiger partial charge in [-0.05, 0) is 82.9 Å². The second-order valence-electron chi connectivity index (χ2n) is 12.0. The molecule has 1 aromatic heterocycles. The van der Waals surface area contributed by atoms with Gasteiger partial charge in [0.2, 0.25) is 0 Å². The highest BCUT2D eigenvalue weighted by molar-refractivity contribution is 7.24. The standard InChI is InChI=1S/C39H30N4S/c1-2-9-25(10-3-1)37-40-38-30-14-6-11-26(21-30)28-13-8-16-32(23-28)43-33-17-4-5-18-35(33)44-36-20-19-29(24-34(36)43)27-12-7-15-31(22-27)39(41-37)42-38/h4-8,11-25H,1-3,9-10H2. The molecule has 212 valence electrons. The molecule has 5 heteroatoms. The van der Waals surface area contributed by atoms with Gasteiger partial charge in [-0.25, -0.2) is 15.0 Å². The maximum atomic E-state index is 5.14. The predicted molar refractivity (Wildman–Crippen MR) is 186 cm³/mol.